The van der Waals surface area contributed by atoms with Gasteiger partial charge in [-0.15, -0.1) is 0 Å². The number of hydrogen-bond acceptors (Lipinski definition) is 4. The standard InChI is InChI=1S/C20H34N4O3S/c1-16-6-4-5-7-19(16)23-12-8-17(9-13-23)21-20(25)22(2)18-10-14-24(15-11-18)28(3,26)27/h4-7,17-18,26-27H,8-15H2,1-3H3,(H,21,25)/p+1. The lowest BCUT2D eigenvalue weighted by atomic mass is 10.0. The molecule has 2 aliphatic rings. The third-order valence-corrected chi connectivity index (χ3v) is 7.44. The Balaban J connectivity index is 1.45. The quantitative estimate of drug-likeness (QED) is 0.746. The maximum Gasteiger partial charge on any atom is 0.317 e. The van der Waals surface area contributed by atoms with E-state index in [0.29, 0.717) is 13.1 Å². The second-order valence-electron chi connectivity index (χ2n) is 8.10. The van der Waals surface area contributed by atoms with Gasteiger partial charge in [-0.3, -0.25) is 4.55 Å². The average molecular weight is 412 g/mol. The molecule has 2 heterocycles. The highest BCUT2D eigenvalue weighted by atomic mass is 32.3. The van der Waals surface area contributed by atoms with E-state index in [9.17, 15) is 9.35 Å². The SMILES string of the molecule is Cc1ccccc1N1CCC(NC(=O)N(C)C2CCN(S(C)(O)[OH2+])CC2)CC1. The number of benzene rings is 1. The number of nitrogens with zero attached hydrogens (tertiary/aromatic N) is 3. The number of urea groups is 1. The van der Waals surface area contributed by atoms with Gasteiger partial charge in [0.25, 0.3) is 0 Å². The molecule has 2 amide bonds. The summed E-state index contributed by atoms with van der Waals surface area (Å²) >= 11 is 0. The van der Waals surface area contributed by atoms with Crippen LogP contribution < -0.4 is 10.2 Å². The van der Waals surface area contributed by atoms with Crippen molar-refractivity contribution in [2.45, 2.75) is 44.7 Å². The zero-order valence-electron chi connectivity index (χ0n) is 17.2. The van der Waals surface area contributed by atoms with Gasteiger partial charge in [-0.05, 0) is 55.0 Å². The number of nitrogens with one attached hydrogen (secondary N) is 1. The van der Waals surface area contributed by atoms with Crippen LogP contribution in [0.2, 0.25) is 0 Å². The van der Waals surface area contributed by atoms with E-state index in [1.54, 1.807) is 6.26 Å². The Morgan fingerprint density at radius 1 is 1.18 bits per heavy atom. The van der Waals surface area contributed by atoms with E-state index in [1.165, 1.54) is 11.3 Å². The number of amides is 2. The molecule has 1 aromatic rings. The molecule has 0 aliphatic carbocycles. The van der Waals surface area contributed by atoms with E-state index in [1.807, 2.05) is 16.3 Å². The van der Waals surface area contributed by atoms with Gasteiger partial charge in [0.1, 0.15) is 0 Å². The number of para-hydroxylation sites is 1. The molecule has 0 bridgehead atoms. The van der Waals surface area contributed by atoms with Crippen molar-refractivity contribution in [3.05, 3.63) is 29.8 Å². The lowest BCUT2D eigenvalue weighted by Gasteiger charge is -2.42. The van der Waals surface area contributed by atoms with Crippen molar-refractivity contribution in [1.82, 2.24) is 14.5 Å². The fourth-order valence-electron chi connectivity index (χ4n) is 4.21. The lowest BCUT2D eigenvalue weighted by Crippen LogP contribution is -2.53. The summed E-state index contributed by atoms with van der Waals surface area (Å²) in [6.45, 7) is 5.40. The summed E-state index contributed by atoms with van der Waals surface area (Å²) in [5, 5.41) is 3.21. The minimum atomic E-state index is -2.39. The van der Waals surface area contributed by atoms with Gasteiger partial charge in [-0.1, -0.05) is 18.2 Å². The first-order valence-electron chi connectivity index (χ1n) is 10.1. The number of carbonyl (C=O) groups excluding carboxylic acids is 1. The minimum absolute atomic E-state index is 0.00206. The van der Waals surface area contributed by atoms with Crippen LogP contribution in [0, 0.1) is 6.92 Å². The summed E-state index contributed by atoms with van der Waals surface area (Å²) in [6, 6.07) is 8.85. The van der Waals surface area contributed by atoms with Gasteiger partial charge in [-0.2, -0.15) is 4.31 Å². The summed E-state index contributed by atoms with van der Waals surface area (Å²) in [5.74, 6) is 0. The third kappa shape index (κ3) is 5.11. The topological polar surface area (TPSA) is 82.0 Å². The van der Waals surface area contributed by atoms with Gasteiger partial charge in [0.05, 0.1) is 6.26 Å². The fraction of sp³-hybridized carbons (Fsp3) is 0.650. The third-order valence-electron chi connectivity index (χ3n) is 6.07. The Hall–Kier alpha value is -1.48. The van der Waals surface area contributed by atoms with E-state index >= 15 is 0 Å². The number of piperidine rings is 2. The van der Waals surface area contributed by atoms with Crippen LogP contribution in [0.5, 0.6) is 0 Å². The number of rotatable bonds is 4. The highest BCUT2D eigenvalue weighted by Gasteiger charge is 2.31. The molecule has 7 nitrogen and oxygen atoms in total. The van der Waals surface area contributed by atoms with Crippen LogP contribution in [-0.4, -0.2) is 75.9 Å². The van der Waals surface area contributed by atoms with Crippen molar-refractivity contribution >= 4 is 22.5 Å². The summed E-state index contributed by atoms with van der Waals surface area (Å²) in [7, 11) is -0.525. The van der Waals surface area contributed by atoms with Crippen molar-refractivity contribution in [2.75, 3.05) is 44.4 Å². The van der Waals surface area contributed by atoms with Crippen molar-refractivity contribution in [3.63, 3.8) is 0 Å². The highest BCUT2D eigenvalue weighted by Crippen LogP contribution is 2.40. The molecule has 28 heavy (non-hydrogen) atoms. The minimum Gasteiger partial charge on any atom is -0.371 e. The zero-order chi connectivity index (χ0) is 20.3. The van der Waals surface area contributed by atoms with Gasteiger partial charge >= 0.3 is 6.03 Å². The molecule has 4 N–H and O–H groups in total. The molecular formula is C20H35N4O3S+. The van der Waals surface area contributed by atoms with Crippen molar-refractivity contribution < 1.29 is 13.9 Å². The van der Waals surface area contributed by atoms with Crippen LogP contribution in [0.15, 0.2) is 24.3 Å². The second-order valence-corrected chi connectivity index (χ2v) is 10.3. The van der Waals surface area contributed by atoms with Crippen LogP contribution >= 0.6 is 10.8 Å². The summed E-state index contributed by atoms with van der Waals surface area (Å²) in [5.41, 5.74) is 2.59. The number of aryl methyl sites for hydroxylation is 1. The first-order chi connectivity index (χ1) is 13.3. The smallest absolute Gasteiger partial charge is 0.317 e. The predicted molar refractivity (Wildman–Crippen MR) is 117 cm³/mol. The highest BCUT2D eigenvalue weighted by molar-refractivity contribution is 8.21. The van der Waals surface area contributed by atoms with E-state index in [2.05, 4.69) is 41.4 Å². The largest absolute Gasteiger partial charge is 0.371 e. The molecular weight excluding hydrogens is 376 g/mol. The maximum absolute atomic E-state index is 12.7. The molecule has 2 fully saturated rings. The van der Waals surface area contributed by atoms with Crippen LogP contribution in [0.4, 0.5) is 10.5 Å². The Kier molecular flexibility index (Phi) is 6.75. The maximum atomic E-state index is 12.7. The van der Waals surface area contributed by atoms with Crippen molar-refractivity contribution in [3.8, 4) is 0 Å². The first kappa shape index (κ1) is 21.2. The number of hydrogen-bond donors (Lipinski definition) is 2. The summed E-state index contributed by atoms with van der Waals surface area (Å²) < 4.78 is 19.5. The van der Waals surface area contributed by atoms with Crippen molar-refractivity contribution in [1.29, 1.82) is 0 Å². The molecule has 1 atom stereocenters. The van der Waals surface area contributed by atoms with Gasteiger partial charge in [-0.25, -0.2) is 4.79 Å². The second kappa shape index (κ2) is 8.90. The normalized spacial score (nSPS) is 23.1. The van der Waals surface area contributed by atoms with Crippen LogP contribution in [0.25, 0.3) is 0 Å². The zero-order valence-corrected chi connectivity index (χ0v) is 18.0. The molecule has 1 aromatic carbocycles. The average Bonchev–Trinajstić information content (AvgIpc) is 2.68. The number of carbonyl (C=O) groups is 1. The molecule has 0 aromatic heterocycles. The van der Waals surface area contributed by atoms with E-state index < -0.39 is 10.8 Å². The molecule has 0 saturated carbocycles. The molecule has 3 rings (SSSR count). The van der Waals surface area contributed by atoms with Crippen LogP contribution in [-0.2, 0) is 0 Å². The number of anilines is 1. The molecule has 2 aliphatic heterocycles. The molecule has 8 heteroatoms. The summed E-state index contributed by atoms with van der Waals surface area (Å²) in [6.07, 6.45) is 5.09. The predicted octanol–water partition coefficient (Wildman–Crippen LogP) is 2.53. The van der Waals surface area contributed by atoms with Crippen molar-refractivity contribution in [2.24, 2.45) is 0 Å². The molecule has 0 spiro atoms. The van der Waals surface area contributed by atoms with E-state index in [4.69, 9.17) is 4.55 Å². The fourth-order valence-corrected chi connectivity index (χ4v) is 5.13. The van der Waals surface area contributed by atoms with Gasteiger partial charge < -0.3 is 19.7 Å². The first-order valence-corrected chi connectivity index (χ1v) is 12.1. The lowest BCUT2D eigenvalue weighted by molar-refractivity contribution is 0.156. The van der Waals surface area contributed by atoms with Crippen LogP contribution in [0.3, 0.4) is 0 Å². The Morgan fingerprint density at radius 2 is 1.79 bits per heavy atom. The van der Waals surface area contributed by atoms with E-state index in [-0.39, 0.29) is 18.1 Å². The molecule has 158 valence electrons. The van der Waals surface area contributed by atoms with Gasteiger partial charge in [0.15, 0.2) is 0 Å². The van der Waals surface area contributed by atoms with Gasteiger partial charge in [0, 0.05) is 51.0 Å². The Morgan fingerprint density at radius 3 is 2.36 bits per heavy atom. The van der Waals surface area contributed by atoms with Gasteiger partial charge in [0.2, 0.25) is 0 Å². The summed E-state index contributed by atoms with van der Waals surface area (Å²) in [4.78, 5) is 16.9. The van der Waals surface area contributed by atoms with E-state index in [0.717, 1.165) is 38.8 Å². The molecule has 2 saturated heterocycles. The Bertz CT molecular complexity index is 666. The monoisotopic (exact) mass is 411 g/mol. The van der Waals surface area contributed by atoms with Crippen LogP contribution in [0.1, 0.15) is 31.2 Å². The molecule has 1 unspecified atom stereocenters. The molecule has 0 radical (unpaired) electrons. The Labute approximate surface area is 170 Å².